The predicted octanol–water partition coefficient (Wildman–Crippen LogP) is 3.84. The molecular weight excluding hydrogens is 316 g/mol. The smallest absolute Gasteiger partial charge is 0.255 e. The lowest BCUT2D eigenvalue weighted by Crippen LogP contribution is -2.14. The van der Waals surface area contributed by atoms with Crippen LogP contribution in [0.2, 0.25) is 0 Å². The van der Waals surface area contributed by atoms with Crippen molar-refractivity contribution in [1.82, 2.24) is 5.32 Å². The quantitative estimate of drug-likeness (QED) is 0.765. The van der Waals surface area contributed by atoms with Crippen molar-refractivity contribution in [1.29, 1.82) is 0 Å². The number of rotatable bonds is 8. The Kier molecular flexibility index (Phi) is 6.83. The van der Waals surface area contributed by atoms with Crippen molar-refractivity contribution in [3.63, 3.8) is 0 Å². The number of amides is 1. The van der Waals surface area contributed by atoms with Crippen molar-refractivity contribution in [2.45, 2.75) is 33.4 Å². The molecule has 0 spiro atoms. The van der Waals surface area contributed by atoms with Gasteiger partial charge in [0.1, 0.15) is 0 Å². The summed E-state index contributed by atoms with van der Waals surface area (Å²) in [7, 11) is 1.56. The van der Waals surface area contributed by atoms with Crippen LogP contribution in [0.5, 0.6) is 11.5 Å². The molecule has 0 aliphatic heterocycles. The van der Waals surface area contributed by atoms with Gasteiger partial charge >= 0.3 is 0 Å². The molecule has 0 fully saturated rings. The number of nitrogens with one attached hydrogen (secondary N) is 2. The maximum atomic E-state index is 12.5. The minimum absolute atomic E-state index is 0.0352. The summed E-state index contributed by atoms with van der Waals surface area (Å²) in [4.78, 5) is 12.5. The summed E-state index contributed by atoms with van der Waals surface area (Å²) < 4.78 is 11.0. The van der Waals surface area contributed by atoms with Gasteiger partial charge in [-0.15, -0.1) is 0 Å². The van der Waals surface area contributed by atoms with E-state index in [9.17, 15) is 4.79 Å². The second-order valence-electron chi connectivity index (χ2n) is 5.97. The number of anilines is 1. The van der Waals surface area contributed by atoms with Crippen LogP contribution in [-0.2, 0) is 6.54 Å². The van der Waals surface area contributed by atoms with Gasteiger partial charge in [0.25, 0.3) is 5.91 Å². The van der Waals surface area contributed by atoms with Crippen LogP contribution in [-0.4, -0.2) is 25.7 Å². The van der Waals surface area contributed by atoms with E-state index in [0.717, 1.165) is 24.3 Å². The van der Waals surface area contributed by atoms with E-state index < -0.39 is 0 Å². The number of hydrogen-bond acceptors (Lipinski definition) is 4. The zero-order chi connectivity index (χ0) is 18.2. The molecule has 1 amide bonds. The highest BCUT2D eigenvalue weighted by Crippen LogP contribution is 2.29. The molecule has 2 N–H and O–H groups in total. The molecule has 0 atom stereocenters. The molecule has 0 aromatic heterocycles. The summed E-state index contributed by atoms with van der Waals surface area (Å²) in [5.74, 6) is 0.985. The fourth-order valence-corrected chi connectivity index (χ4v) is 2.39. The fraction of sp³-hybridized carbons (Fsp3) is 0.350. The number of ether oxygens (including phenoxy) is 2. The van der Waals surface area contributed by atoms with Crippen LogP contribution in [0.3, 0.4) is 0 Å². The number of hydrogen-bond donors (Lipinski definition) is 2. The van der Waals surface area contributed by atoms with Crippen LogP contribution >= 0.6 is 0 Å². The molecule has 0 bridgehead atoms. The molecule has 0 saturated carbocycles. The molecule has 25 heavy (non-hydrogen) atoms. The van der Waals surface area contributed by atoms with E-state index in [0.29, 0.717) is 17.1 Å². The van der Waals surface area contributed by atoms with E-state index in [1.54, 1.807) is 25.3 Å². The Labute approximate surface area is 149 Å². The maximum Gasteiger partial charge on any atom is 0.255 e. The summed E-state index contributed by atoms with van der Waals surface area (Å²) in [5, 5.41) is 6.19. The van der Waals surface area contributed by atoms with E-state index in [1.807, 2.05) is 38.1 Å². The summed E-state index contributed by atoms with van der Waals surface area (Å²) >= 11 is 0. The first-order valence-electron chi connectivity index (χ1n) is 8.49. The second-order valence-corrected chi connectivity index (χ2v) is 5.97. The van der Waals surface area contributed by atoms with Gasteiger partial charge in [-0.25, -0.2) is 0 Å². The minimum Gasteiger partial charge on any atom is -0.493 e. The van der Waals surface area contributed by atoms with Crippen LogP contribution in [0, 0.1) is 0 Å². The molecule has 2 rings (SSSR count). The second kappa shape index (κ2) is 9.08. The Morgan fingerprint density at radius 3 is 2.60 bits per heavy atom. The Hall–Kier alpha value is -2.53. The minimum atomic E-state index is -0.185. The average molecular weight is 342 g/mol. The highest BCUT2D eigenvalue weighted by molar-refractivity contribution is 6.04. The van der Waals surface area contributed by atoms with Gasteiger partial charge in [0, 0.05) is 17.8 Å². The van der Waals surface area contributed by atoms with Crippen molar-refractivity contribution in [3.8, 4) is 11.5 Å². The van der Waals surface area contributed by atoms with E-state index in [-0.39, 0.29) is 12.0 Å². The van der Waals surface area contributed by atoms with E-state index in [2.05, 4.69) is 17.6 Å². The predicted molar refractivity (Wildman–Crippen MR) is 101 cm³/mol. The molecule has 0 aliphatic rings. The number of carbonyl (C=O) groups is 1. The van der Waals surface area contributed by atoms with E-state index >= 15 is 0 Å². The molecular formula is C20H26N2O3. The van der Waals surface area contributed by atoms with E-state index in [1.165, 1.54) is 0 Å². The van der Waals surface area contributed by atoms with Crippen molar-refractivity contribution in [2.75, 3.05) is 19.0 Å². The highest BCUT2D eigenvalue weighted by Gasteiger charge is 2.12. The third-order valence-corrected chi connectivity index (χ3v) is 3.55. The van der Waals surface area contributed by atoms with Gasteiger partial charge < -0.3 is 20.1 Å². The Morgan fingerprint density at radius 1 is 1.12 bits per heavy atom. The molecule has 0 unspecified atom stereocenters. The zero-order valence-electron chi connectivity index (χ0n) is 15.3. The molecule has 5 heteroatoms. The van der Waals surface area contributed by atoms with Crippen molar-refractivity contribution < 1.29 is 14.3 Å². The Bertz CT molecular complexity index is 714. The first kappa shape index (κ1) is 18.8. The number of methoxy groups -OCH3 is 1. The lowest BCUT2D eigenvalue weighted by Gasteiger charge is -2.14. The molecule has 0 heterocycles. The van der Waals surface area contributed by atoms with Crippen molar-refractivity contribution in [2.24, 2.45) is 0 Å². The Morgan fingerprint density at radius 2 is 1.92 bits per heavy atom. The van der Waals surface area contributed by atoms with E-state index in [4.69, 9.17) is 9.47 Å². The number of benzene rings is 2. The molecule has 5 nitrogen and oxygen atoms in total. The molecule has 2 aromatic carbocycles. The van der Waals surface area contributed by atoms with Crippen LogP contribution in [0.15, 0.2) is 42.5 Å². The van der Waals surface area contributed by atoms with Crippen LogP contribution in [0.1, 0.15) is 36.7 Å². The van der Waals surface area contributed by atoms with Crippen LogP contribution in [0.4, 0.5) is 5.69 Å². The van der Waals surface area contributed by atoms with Crippen molar-refractivity contribution >= 4 is 11.6 Å². The largest absolute Gasteiger partial charge is 0.493 e. The van der Waals surface area contributed by atoms with Gasteiger partial charge in [-0.05, 0) is 56.3 Å². The third-order valence-electron chi connectivity index (χ3n) is 3.55. The number of carbonyl (C=O) groups excluding carboxylic acids is 1. The van der Waals surface area contributed by atoms with Gasteiger partial charge in [0.15, 0.2) is 11.5 Å². The third kappa shape index (κ3) is 5.50. The maximum absolute atomic E-state index is 12.5. The lowest BCUT2D eigenvalue weighted by molar-refractivity contribution is 0.102. The average Bonchev–Trinajstić information content (AvgIpc) is 2.60. The molecule has 134 valence electrons. The Balaban J connectivity index is 2.12. The molecule has 2 aromatic rings. The van der Waals surface area contributed by atoms with Gasteiger partial charge in [-0.2, -0.15) is 0 Å². The first-order chi connectivity index (χ1) is 12.0. The van der Waals surface area contributed by atoms with Gasteiger partial charge in [-0.3, -0.25) is 4.79 Å². The summed E-state index contributed by atoms with van der Waals surface area (Å²) in [6.07, 6.45) is 0.0352. The van der Waals surface area contributed by atoms with Gasteiger partial charge in [0.2, 0.25) is 0 Å². The SMILES string of the molecule is CCNCc1cccc(NC(=O)c2ccc(OC(C)C)c(OC)c2)c1. The van der Waals surface area contributed by atoms with Crippen LogP contribution < -0.4 is 20.1 Å². The molecule has 0 saturated heterocycles. The van der Waals surface area contributed by atoms with Gasteiger partial charge in [0.05, 0.1) is 13.2 Å². The summed E-state index contributed by atoms with van der Waals surface area (Å²) in [6, 6.07) is 13.0. The highest BCUT2D eigenvalue weighted by atomic mass is 16.5. The van der Waals surface area contributed by atoms with Crippen LogP contribution in [0.25, 0.3) is 0 Å². The molecule has 0 aliphatic carbocycles. The topological polar surface area (TPSA) is 59.6 Å². The normalized spacial score (nSPS) is 10.6. The summed E-state index contributed by atoms with van der Waals surface area (Å²) in [6.45, 7) is 7.63. The lowest BCUT2D eigenvalue weighted by atomic mass is 10.1. The zero-order valence-corrected chi connectivity index (χ0v) is 15.3. The fourth-order valence-electron chi connectivity index (χ4n) is 2.39. The van der Waals surface area contributed by atoms with Crippen molar-refractivity contribution in [3.05, 3.63) is 53.6 Å². The van der Waals surface area contributed by atoms with Gasteiger partial charge in [-0.1, -0.05) is 19.1 Å². The molecule has 0 radical (unpaired) electrons. The standard InChI is InChI=1S/C20H26N2O3/c1-5-21-13-15-7-6-8-17(11-15)22-20(23)16-9-10-18(25-14(2)3)19(12-16)24-4/h6-12,14,21H,5,13H2,1-4H3,(H,22,23). The monoisotopic (exact) mass is 342 g/mol. The summed E-state index contributed by atoms with van der Waals surface area (Å²) in [5.41, 5.74) is 2.41. The first-order valence-corrected chi connectivity index (χ1v) is 8.49.